The third-order valence-electron chi connectivity index (χ3n) is 2.15. The third kappa shape index (κ3) is 5.25. The molecule has 0 aliphatic rings. The summed E-state index contributed by atoms with van der Waals surface area (Å²) in [5.41, 5.74) is 2.15. The van der Waals surface area contributed by atoms with E-state index in [4.69, 9.17) is 14.4 Å². The summed E-state index contributed by atoms with van der Waals surface area (Å²) in [7, 11) is 4.76. The monoisotopic (exact) mass is 296 g/mol. The van der Waals surface area contributed by atoms with E-state index in [1.807, 2.05) is 54.6 Å². The molecule has 0 saturated carbocycles. The molecule has 0 amide bonds. The van der Waals surface area contributed by atoms with Gasteiger partial charge in [-0.25, -0.2) is 0 Å². The average molecular weight is 298 g/mol. The number of hydrogen-bond acceptors (Lipinski definition) is 1. The Bertz CT molecular complexity index is 431. The molecule has 0 bridgehead atoms. The molecule has 1 nitrogen and oxygen atoms in total. The minimum absolute atomic E-state index is 0.601. The Morgan fingerprint density at radius 2 is 1.71 bits per heavy atom. The van der Waals surface area contributed by atoms with E-state index in [0.29, 0.717) is 6.61 Å². The summed E-state index contributed by atoms with van der Waals surface area (Å²) in [6, 6.07) is 17.9. The van der Waals surface area contributed by atoms with Crippen molar-refractivity contribution in [2.24, 2.45) is 0 Å². The molecule has 3 heteroatoms. The summed E-state index contributed by atoms with van der Waals surface area (Å²) in [6.07, 6.45) is 0. The molecule has 2 aromatic rings. The van der Waals surface area contributed by atoms with Gasteiger partial charge in [0.05, 0.1) is 5.75 Å². The van der Waals surface area contributed by atoms with Crippen LogP contribution in [0.5, 0.6) is 5.75 Å². The van der Waals surface area contributed by atoms with Crippen molar-refractivity contribution >= 4 is 9.69 Å². The Morgan fingerprint density at radius 1 is 1.00 bits per heavy atom. The first-order valence-electron chi connectivity index (χ1n) is 5.20. The number of rotatable bonds is 3. The number of benzene rings is 2. The van der Waals surface area contributed by atoms with Gasteiger partial charge >= 0.3 is 27.0 Å². The Hall–Kier alpha value is -0.977. The molecule has 0 spiro atoms. The summed E-state index contributed by atoms with van der Waals surface area (Å²) in [5.74, 6) is 0.867. The second-order valence-corrected chi connectivity index (χ2v) is 3.42. The Morgan fingerprint density at radius 3 is 2.35 bits per heavy atom. The first-order chi connectivity index (χ1) is 8.34. The van der Waals surface area contributed by atoms with Crippen LogP contribution >= 0.6 is 9.69 Å². The van der Waals surface area contributed by atoms with Crippen LogP contribution in [-0.2, 0) is 23.9 Å². The van der Waals surface area contributed by atoms with Crippen molar-refractivity contribution in [3.63, 3.8) is 0 Å². The second-order valence-electron chi connectivity index (χ2n) is 3.42. The molecule has 0 saturated heterocycles. The van der Waals surface area contributed by atoms with E-state index in [0.717, 1.165) is 28.6 Å². The average Bonchev–Trinajstić information content (AvgIpc) is 2.40. The number of ether oxygens (including phenoxy) is 1. The zero-order chi connectivity index (χ0) is 12.5. The summed E-state index contributed by atoms with van der Waals surface area (Å²) >= 11 is 0.847. The number of halogens is 1. The first kappa shape index (κ1) is 14.1. The summed E-state index contributed by atoms with van der Waals surface area (Å²) in [6.45, 7) is 4.46. The Balaban J connectivity index is 0.000000686. The predicted octanol–water partition coefficient (Wildman–Crippen LogP) is 4.13. The van der Waals surface area contributed by atoms with E-state index in [-0.39, 0.29) is 0 Å². The normalized spacial score (nSPS) is 9.12. The summed E-state index contributed by atoms with van der Waals surface area (Å²) < 4.78 is 5.63. The van der Waals surface area contributed by atoms with Gasteiger partial charge < -0.3 is 4.74 Å². The summed E-state index contributed by atoms with van der Waals surface area (Å²) in [4.78, 5) is 0. The molecule has 2 aromatic carbocycles. The fourth-order valence-electron chi connectivity index (χ4n) is 1.38. The van der Waals surface area contributed by atoms with Gasteiger partial charge in [0.15, 0.2) is 0 Å². The maximum absolute atomic E-state index is 5.63. The molecule has 0 aromatic heterocycles. The van der Waals surface area contributed by atoms with Crippen LogP contribution in [0.25, 0.3) is 0 Å². The van der Waals surface area contributed by atoms with Crippen LogP contribution in [0, 0.1) is 6.92 Å². The van der Waals surface area contributed by atoms with Gasteiger partial charge in [-0.2, -0.15) is 18.6 Å². The van der Waals surface area contributed by atoms with Crippen LogP contribution in [0.15, 0.2) is 54.6 Å². The molecule has 0 heterocycles. The van der Waals surface area contributed by atoms with Crippen molar-refractivity contribution in [2.45, 2.75) is 6.61 Å². The maximum atomic E-state index is 5.63. The van der Waals surface area contributed by atoms with E-state index < -0.39 is 0 Å². The molecule has 0 fully saturated rings. The zero-order valence-electron chi connectivity index (χ0n) is 9.60. The molecule has 17 heavy (non-hydrogen) atoms. The van der Waals surface area contributed by atoms with Gasteiger partial charge in [0.25, 0.3) is 0 Å². The van der Waals surface area contributed by atoms with Gasteiger partial charge in [-0.3, -0.25) is 0 Å². The Kier molecular flexibility index (Phi) is 6.76. The van der Waals surface area contributed by atoms with Crippen LogP contribution in [-0.4, -0.2) is 0 Å². The Labute approximate surface area is 116 Å². The van der Waals surface area contributed by atoms with Crippen LogP contribution in [0.4, 0.5) is 0 Å². The van der Waals surface area contributed by atoms with Gasteiger partial charge in [-0.1, -0.05) is 30.3 Å². The van der Waals surface area contributed by atoms with Crippen molar-refractivity contribution in [1.82, 2.24) is 0 Å². The van der Waals surface area contributed by atoms with E-state index in [9.17, 15) is 0 Å². The molecule has 0 aliphatic heterocycles. The predicted molar refractivity (Wildman–Crippen MR) is 67.5 cm³/mol. The zero-order valence-corrected chi connectivity index (χ0v) is 13.3. The van der Waals surface area contributed by atoms with Crippen LogP contribution < -0.4 is 4.74 Å². The molecule has 0 aliphatic carbocycles. The van der Waals surface area contributed by atoms with Gasteiger partial charge in [0.2, 0.25) is 0 Å². The first-order valence-corrected chi connectivity index (χ1v) is 9.10. The van der Waals surface area contributed by atoms with Gasteiger partial charge in [0, 0.05) is 0 Å². The van der Waals surface area contributed by atoms with E-state index >= 15 is 0 Å². The molecule has 0 atom stereocenters. The number of hydrogen-bond donors (Lipinski definition) is 0. The van der Waals surface area contributed by atoms with E-state index in [1.54, 1.807) is 0 Å². The fraction of sp³-hybridized carbons (Fsp3) is 0.0714. The topological polar surface area (TPSA) is 9.23 Å². The van der Waals surface area contributed by atoms with E-state index in [2.05, 4.69) is 6.92 Å². The molecule has 0 radical (unpaired) electrons. The van der Waals surface area contributed by atoms with Crippen molar-refractivity contribution in [3.8, 4) is 5.75 Å². The fourth-order valence-corrected chi connectivity index (χ4v) is 1.38. The summed E-state index contributed by atoms with van der Waals surface area (Å²) in [5, 5.41) is 0. The minimum atomic E-state index is 0.601. The van der Waals surface area contributed by atoms with Crippen LogP contribution in [0.3, 0.4) is 0 Å². The SMILES string of the molecule is [CH2-]c1cccc(OCc2ccccc2)c1.[Cl][Zn+]. The van der Waals surface area contributed by atoms with Gasteiger partial charge in [-0.15, -0.1) is 12.1 Å². The molecule has 0 unspecified atom stereocenters. The third-order valence-corrected chi connectivity index (χ3v) is 2.15. The van der Waals surface area contributed by atoms with Crippen molar-refractivity contribution < 1.29 is 22.0 Å². The standard InChI is InChI=1S/C14H13O.ClH.Zn/c1-12-6-5-9-14(10-12)15-11-13-7-3-2-4-8-13;;/h2-10H,1,11H2;1H;/q-1;;+2/p-1. The molecular formula is C14H13ClOZn. The van der Waals surface area contributed by atoms with Crippen molar-refractivity contribution in [3.05, 3.63) is 72.6 Å². The molecular weight excluding hydrogens is 285 g/mol. The quantitative estimate of drug-likeness (QED) is 0.611. The van der Waals surface area contributed by atoms with Crippen molar-refractivity contribution in [1.29, 1.82) is 0 Å². The van der Waals surface area contributed by atoms with Crippen molar-refractivity contribution in [2.75, 3.05) is 0 Å². The van der Waals surface area contributed by atoms with E-state index in [1.165, 1.54) is 5.56 Å². The molecule has 2 rings (SSSR count). The second kappa shape index (κ2) is 8.16. The van der Waals surface area contributed by atoms with Gasteiger partial charge in [0.1, 0.15) is 6.61 Å². The van der Waals surface area contributed by atoms with Gasteiger partial charge in [-0.05, 0) is 11.6 Å². The van der Waals surface area contributed by atoms with Crippen LogP contribution in [0.1, 0.15) is 11.1 Å². The molecule has 0 N–H and O–H groups in total. The molecule has 84 valence electrons. The van der Waals surface area contributed by atoms with Crippen LogP contribution in [0.2, 0.25) is 0 Å².